The lowest BCUT2D eigenvalue weighted by atomic mass is 10.1. The van der Waals surface area contributed by atoms with E-state index in [1.807, 2.05) is 6.26 Å². The van der Waals surface area contributed by atoms with Crippen LogP contribution in [0.1, 0.15) is 12.0 Å². The van der Waals surface area contributed by atoms with E-state index in [1.165, 1.54) is 19.2 Å². The summed E-state index contributed by atoms with van der Waals surface area (Å²) in [5, 5.41) is 2.80. The summed E-state index contributed by atoms with van der Waals surface area (Å²) < 4.78 is 38.3. The summed E-state index contributed by atoms with van der Waals surface area (Å²) >= 11 is 1.55. The van der Waals surface area contributed by atoms with E-state index in [2.05, 4.69) is 10.0 Å². The second kappa shape index (κ2) is 11.1. The molecule has 0 spiro atoms. The quantitative estimate of drug-likeness (QED) is 0.560. The Morgan fingerprint density at radius 1 is 1.10 bits per heavy atom. The van der Waals surface area contributed by atoms with Crippen molar-refractivity contribution < 1.29 is 22.7 Å². The lowest BCUT2D eigenvalue weighted by molar-refractivity contribution is -0.122. The van der Waals surface area contributed by atoms with Crippen molar-refractivity contribution in [3.05, 3.63) is 54.1 Å². The molecule has 0 saturated heterocycles. The molecule has 2 aromatic rings. The number of ether oxygens (including phenoxy) is 2. The Hall–Kier alpha value is -2.23. The monoisotopic (exact) mass is 438 g/mol. The zero-order valence-corrected chi connectivity index (χ0v) is 18.3. The third-order valence-electron chi connectivity index (χ3n) is 4.23. The topological polar surface area (TPSA) is 93.7 Å². The standard InChI is InChI=1S/C20H26N2O5S2/c1-26-16-10-9-15(19(13-16)27-2)14-21-20(23)18(11-12-28-3)22-29(24,25)17-7-5-4-6-8-17/h4-10,13,18,22H,11-12,14H2,1-3H3,(H,21,23). The molecule has 0 heterocycles. The van der Waals surface area contributed by atoms with Crippen molar-refractivity contribution in [3.63, 3.8) is 0 Å². The van der Waals surface area contributed by atoms with Crippen LogP contribution in [0.3, 0.4) is 0 Å². The first-order chi connectivity index (χ1) is 13.9. The second-order valence-electron chi connectivity index (χ2n) is 6.16. The number of carbonyl (C=O) groups excluding carboxylic acids is 1. The summed E-state index contributed by atoms with van der Waals surface area (Å²) in [6.45, 7) is 0.203. The molecule has 2 rings (SSSR count). The van der Waals surface area contributed by atoms with Gasteiger partial charge in [-0.3, -0.25) is 4.79 Å². The highest BCUT2D eigenvalue weighted by Crippen LogP contribution is 2.24. The van der Waals surface area contributed by atoms with Gasteiger partial charge in [-0.25, -0.2) is 8.42 Å². The fourth-order valence-electron chi connectivity index (χ4n) is 2.64. The minimum atomic E-state index is -3.80. The molecule has 2 N–H and O–H groups in total. The van der Waals surface area contributed by atoms with Crippen LogP contribution in [0.5, 0.6) is 11.5 Å². The van der Waals surface area contributed by atoms with E-state index in [9.17, 15) is 13.2 Å². The Morgan fingerprint density at radius 2 is 1.83 bits per heavy atom. The van der Waals surface area contributed by atoms with Crippen LogP contribution in [-0.4, -0.2) is 46.6 Å². The number of amides is 1. The number of sulfonamides is 1. The molecule has 0 aliphatic rings. The van der Waals surface area contributed by atoms with Crippen LogP contribution in [0, 0.1) is 0 Å². The minimum absolute atomic E-state index is 0.124. The number of nitrogens with one attached hydrogen (secondary N) is 2. The predicted octanol–water partition coefficient (Wildman–Crippen LogP) is 2.42. The maximum atomic E-state index is 12.7. The number of hydrogen-bond donors (Lipinski definition) is 2. The largest absolute Gasteiger partial charge is 0.497 e. The Labute approximate surface area is 176 Å². The van der Waals surface area contributed by atoms with Crippen molar-refractivity contribution in [2.75, 3.05) is 26.2 Å². The molecule has 7 nitrogen and oxygen atoms in total. The van der Waals surface area contributed by atoms with Crippen molar-refractivity contribution in [2.45, 2.75) is 23.9 Å². The average Bonchev–Trinajstić information content (AvgIpc) is 2.75. The van der Waals surface area contributed by atoms with Gasteiger partial charge in [0.15, 0.2) is 0 Å². The zero-order chi connectivity index (χ0) is 21.3. The summed E-state index contributed by atoms with van der Waals surface area (Å²) in [6.07, 6.45) is 2.28. The number of rotatable bonds is 11. The van der Waals surface area contributed by atoms with Crippen LogP contribution in [0.15, 0.2) is 53.4 Å². The van der Waals surface area contributed by atoms with Gasteiger partial charge in [-0.1, -0.05) is 18.2 Å². The molecule has 0 bridgehead atoms. The van der Waals surface area contributed by atoms with Crippen LogP contribution in [0.25, 0.3) is 0 Å². The Bertz CT molecular complexity index is 904. The van der Waals surface area contributed by atoms with Gasteiger partial charge in [-0.05, 0) is 42.7 Å². The third kappa shape index (κ3) is 6.66. The van der Waals surface area contributed by atoms with Gasteiger partial charge in [0.2, 0.25) is 15.9 Å². The molecule has 1 amide bonds. The summed E-state index contributed by atoms with van der Waals surface area (Å²) in [5.41, 5.74) is 0.760. The summed E-state index contributed by atoms with van der Waals surface area (Å²) in [7, 11) is -0.703. The van der Waals surface area contributed by atoms with E-state index in [0.29, 0.717) is 23.7 Å². The molecule has 0 fully saturated rings. The molecule has 1 unspecified atom stereocenters. The number of carbonyl (C=O) groups is 1. The first-order valence-electron chi connectivity index (χ1n) is 8.96. The van der Waals surface area contributed by atoms with Crippen LogP contribution in [-0.2, 0) is 21.4 Å². The molecule has 0 radical (unpaired) electrons. The maximum absolute atomic E-state index is 12.7. The van der Waals surface area contributed by atoms with Crippen LogP contribution in [0.2, 0.25) is 0 Å². The molecule has 9 heteroatoms. The van der Waals surface area contributed by atoms with E-state index < -0.39 is 22.0 Å². The zero-order valence-electron chi connectivity index (χ0n) is 16.7. The molecule has 158 valence electrons. The Morgan fingerprint density at radius 3 is 2.45 bits per heavy atom. The molecule has 29 heavy (non-hydrogen) atoms. The Kier molecular flexibility index (Phi) is 8.81. The van der Waals surface area contributed by atoms with Crippen molar-refractivity contribution in [3.8, 4) is 11.5 Å². The minimum Gasteiger partial charge on any atom is -0.497 e. The van der Waals surface area contributed by atoms with E-state index in [4.69, 9.17) is 9.47 Å². The van der Waals surface area contributed by atoms with Gasteiger partial charge in [-0.2, -0.15) is 16.5 Å². The van der Waals surface area contributed by atoms with Crippen LogP contribution in [0.4, 0.5) is 0 Å². The van der Waals surface area contributed by atoms with Crippen LogP contribution < -0.4 is 19.5 Å². The first-order valence-corrected chi connectivity index (χ1v) is 11.8. The normalized spacial score (nSPS) is 12.2. The van der Waals surface area contributed by atoms with E-state index in [-0.39, 0.29) is 11.4 Å². The number of thioether (sulfide) groups is 1. The smallest absolute Gasteiger partial charge is 0.241 e. The van der Waals surface area contributed by atoms with E-state index in [0.717, 1.165) is 5.56 Å². The SMILES string of the molecule is COc1ccc(CNC(=O)C(CCSC)NS(=O)(=O)c2ccccc2)c(OC)c1. The lowest BCUT2D eigenvalue weighted by Gasteiger charge is -2.19. The van der Waals surface area contributed by atoms with Crippen molar-refractivity contribution in [2.24, 2.45) is 0 Å². The average molecular weight is 439 g/mol. The van der Waals surface area contributed by atoms with Gasteiger partial charge in [0.25, 0.3) is 0 Å². The van der Waals surface area contributed by atoms with E-state index >= 15 is 0 Å². The van der Waals surface area contributed by atoms with Gasteiger partial charge in [-0.15, -0.1) is 0 Å². The highest BCUT2D eigenvalue weighted by Gasteiger charge is 2.25. The van der Waals surface area contributed by atoms with Gasteiger partial charge < -0.3 is 14.8 Å². The summed E-state index contributed by atoms with van der Waals surface area (Å²) in [5.74, 6) is 1.47. The Balaban J connectivity index is 2.11. The van der Waals surface area contributed by atoms with Gasteiger partial charge in [0.1, 0.15) is 17.5 Å². The first kappa shape index (κ1) is 23.1. The molecular formula is C20H26N2O5S2. The molecule has 0 aliphatic heterocycles. The number of methoxy groups -OCH3 is 2. The van der Waals surface area contributed by atoms with Gasteiger partial charge >= 0.3 is 0 Å². The highest BCUT2D eigenvalue weighted by atomic mass is 32.2. The van der Waals surface area contributed by atoms with Crippen LogP contribution >= 0.6 is 11.8 Å². The second-order valence-corrected chi connectivity index (χ2v) is 8.86. The summed E-state index contributed by atoms with van der Waals surface area (Å²) in [6, 6.07) is 12.4. The molecule has 2 aromatic carbocycles. The number of hydrogen-bond acceptors (Lipinski definition) is 6. The van der Waals surface area contributed by atoms with E-state index in [1.54, 1.807) is 55.3 Å². The summed E-state index contributed by atoms with van der Waals surface area (Å²) in [4.78, 5) is 12.9. The number of benzene rings is 2. The third-order valence-corrected chi connectivity index (χ3v) is 6.36. The molecule has 0 aromatic heterocycles. The van der Waals surface area contributed by atoms with Crippen molar-refractivity contribution >= 4 is 27.7 Å². The van der Waals surface area contributed by atoms with Crippen molar-refractivity contribution in [1.82, 2.24) is 10.0 Å². The highest BCUT2D eigenvalue weighted by molar-refractivity contribution is 7.98. The maximum Gasteiger partial charge on any atom is 0.241 e. The predicted molar refractivity (Wildman–Crippen MR) is 115 cm³/mol. The molecule has 1 atom stereocenters. The van der Waals surface area contributed by atoms with Gasteiger partial charge in [0.05, 0.1) is 19.1 Å². The van der Waals surface area contributed by atoms with Crippen molar-refractivity contribution in [1.29, 1.82) is 0 Å². The fraction of sp³-hybridized carbons (Fsp3) is 0.350. The molecular weight excluding hydrogens is 412 g/mol. The fourth-order valence-corrected chi connectivity index (χ4v) is 4.36. The van der Waals surface area contributed by atoms with Gasteiger partial charge in [0, 0.05) is 18.2 Å². The molecule has 0 saturated carbocycles. The molecule has 0 aliphatic carbocycles. The lowest BCUT2D eigenvalue weighted by Crippen LogP contribution is -2.46.